The van der Waals surface area contributed by atoms with Crippen LogP contribution in [0.5, 0.6) is 0 Å². The Balaban J connectivity index is 1.41. The molecule has 1 aliphatic rings. The van der Waals surface area contributed by atoms with Crippen molar-refractivity contribution in [1.29, 1.82) is 0 Å². The zero-order valence-corrected chi connectivity index (χ0v) is 18.5. The first kappa shape index (κ1) is 22.8. The lowest BCUT2D eigenvalue weighted by Gasteiger charge is -2.18. The van der Waals surface area contributed by atoms with E-state index in [4.69, 9.17) is 9.84 Å². The quantitative estimate of drug-likeness (QED) is 0.442. The van der Waals surface area contributed by atoms with Gasteiger partial charge in [-0.05, 0) is 28.7 Å². The highest BCUT2D eigenvalue weighted by Crippen LogP contribution is 2.44. The molecule has 1 unspecified atom stereocenters. The Labute approximate surface area is 196 Å². The summed E-state index contributed by atoms with van der Waals surface area (Å²) in [5, 5.41) is 18.2. The molecule has 1 aromatic heterocycles. The number of rotatable bonds is 8. The minimum atomic E-state index is -1.17. The van der Waals surface area contributed by atoms with Crippen molar-refractivity contribution in [3.8, 4) is 11.1 Å². The number of carbonyl (C=O) groups excluding carboxylic acids is 2. The number of aromatic nitrogens is 2. The van der Waals surface area contributed by atoms with E-state index < -0.39 is 24.0 Å². The molecule has 4 rings (SSSR count). The van der Waals surface area contributed by atoms with Gasteiger partial charge < -0.3 is 20.5 Å². The monoisotopic (exact) mass is 460 g/mol. The highest BCUT2D eigenvalue weighted by atomic mass is 16.5. The molecule has 0 aliphatic heterocycles. The number of alkyl carbamates (subject to hydrolysis) is 1. The third-order valence-electron chi connectivity index (χ3n) is 5.70. The van der Waals surface area contributed by atoms with Gasteiger partial charge in [0.1, 0.15) is 18.3 Å². The molecule has 0 spiro atoms. The molecule has 9 heteroatoms. The Morgan fingerprint density at radius 3 is 2.32 bits per heavy atom. The number of anilines is 1. The molecule has 2 amide bonds. The number of hydrogen-bond acceptors (Lipinski definition) is 5. The van der Waals surface area contributed by atoms with E-state index in [0.717, 1.165) is 26.9 Å². The number of carbonyl (C=O) groups is 3. The molecule has 3 N–H and O–H groups in total. The maximum atomic E-state index is 12.7. The number of aromatic carboxylic acids is 1. The number of nitrogens with one attached hydrogen (secondary N) is 2. The zero-order valence-electron chi connectivity index (χ0n) is 18.5. The number of hydrogen-bond donors (Lipinski definition) is 3. The van der Waals surface area contributed by atoms with Gasteiger partial charge in [-0.2, -0.15) is 5.10 Å². The van der Waals surface area contributed by atoms with Gasteiger partial charge in [-0.3, -0.25) is 9.48 Å². The van der Waals surface area contributed by atoms with Crippen molar-refractivity contribution >= 4 is 23.8 Å². The van der Waals surface area contributed by atoms with E-state index in [1.54, 1.807) is 0 Å². The fourth-order valence-electron chi connectivity index (χ4n) is 4.12. The molecule has 174 valence electrons. The maximum absolute atomic E-state index is 12.7. The van der Waals surface area contributed by atoms with Crippen molar-refractivity contribution in [1.82, 2.24) is 15.1 Å². The summed E-state index contributed by atoms with van der Waals surface area (Å²) in [4.78, 5) is 36.4. The second-order valence-electron chi connectivity index (χ2n) is 7.88. The maximum Gasteiger partial charge on any atom is 0.407 e. The Morgan fingerprint density at radius 1 is 1.15 bits per heavy atom. The van der Waals surface area contributed by atoms with Crippen LogP contribution in [0.1, 0.15) is 34.0 Å². The Bertz CT molecular complexity index is 1220. The van der Waals surface area contributed by atoms with Crippen LogP contribution >= 0.6 is 0 Å². The summed E-state index contributed by atoms with van der Waals surface area (Å²) in [6.07, 6.45) is 0.903. The average Bonchev–Trinajstić information content (AvgIpc) is 3.35. The predicted octanol–water partition coefficient (Wildman–Crippen LogP) is 3.54. The van der Waals surface area contributed by atoms with Gasteiger partial charge in [0.05, 0.1) is 0 Å². The summed E-state index contributed by atoms with van der Waals surface area (Å²) in [5.74, 6) is -1.78. The first-order valence-corrected chi connectivity index (χ1v) is 10.7. The second kappa shape index (κ2) is 9.62. The zero-order chi connectivity index (χ0) is 24.2. The predicted molar refractivity (Wildman–Crippen MR) is 126 cm³/mol. The molecule has 0 saturated carbocycles. The van der Waals surface area contributed by atoms with Crippen LogP contribution in [0, 0.1) is 0 Å². The van der Waals surface area contributed by atoms with E-state index in [1.165, 1.54) is 19.2 Å². The minimum absolute atomic E-state index is 0.0632. The van der Waals surface area contributed by atoms with Crippen LogP contribution in [0.4, 0.5) is 10.6 Å². The van der Waals surface area contributed by atoms with Crippen LogP contribution in [-0.4, -0.2) is 45.5 Å². The van der Waals surface area contributed by atoms with Gasteiger partial charge in [-0.25, -0.2) is 9.59 Å². The van der Waals surface area contributed by atoms with Gasteiger partial charge in [0.2, 0.25) is 5.91 Å². The molecule has 34 heavy (non-hydrogen) atoms. The van der Waals surface area contributed by atoms with E-state index in [-0.39, 0.29) is 30.5 Å². The average molecular weight is 460 g/mol. The number of ether oxygens (including phenoxy) is 1. The number of nitrogens with zero attached hydrogens (tertiary/aromatic N) is 2. The lowest BCUT2D eigenvalue weighted by Crippen LogP contribution is -2.44. The van der Waals surface area contributed by atoms with Crippen LogP contribution in [-0.2, 0) is 16.6 Å². The lowest BCUT2D eigenvalue weighted by molar-refractivity contribution is -0.118. The normalized spacial score (nSPS) is 12.9. The van der Waals surface area contributed by atoms with E-state index in [9.17, 15) is 14.4 Å². The molecule has 2 aromatic carbocycles. The standard InChI is InChI=1S/C25H24N4O5/c1-3-8-20(23(30)27-22-13-21(24(31)32)29(2)28-22)26-25(33)34-14-19-17-11-6-4-9-15(17)16-10-5-7-12-18(16)19/h3-7,9-13,19-20H,1,8,14H2,2H3,(H,26,33)(H,31,32)(H,27,28,30). The van der Waals surface area contributed by atoms with Crippen LogP contribution in [0.15, 0.2) is 67.3 Å². The molecule has 0 bridgehead atoms. The molecule has 0 fully saturated rings. The number of carboxylic acid groups (broad SMARTS) is 1. The van der Waals surface area contributed by atoms with Crippen molar-refractivity contribution in [2.75, 3.05) is 11.9 Å². The van der Waals surface area contributed by atoms with Gasteiger partial charge in [0, 0.05) is 19.0 Å². The summed E-state index contributed by atoms with van der Waals surface area (Å²) >= 11 is 0. The molecular weight excluding hydrogens is 436 g/mol. The van der Waals surface area contributed by atoms with Crippen LogP contribution < -0.4 is 10.6 Å². The largest absolute Gasteiger partial charge is 0.477 e. The van der Waals surface area contributed by atoms with Gasteiger partial charge in [0.15, 0.2) is 5.82 Å². The van der Waals surface area contributed by atoms with Crippen LogP contribution in [0.3, 0.4) is 0 Å². The number of amides is 2. The van der Waals surface area contributed by atoms with Crippen molar-refractivity contribution in [3.05, 3.63) is 84.1 Å². The first-order chi connectivity index (χ1) is 16.4. The molecule has 1 heterocycles. The molecule has 0 radical (unpaired) electrons. The van der Waals surface area contributed by atoms with Gasteiger partial charge >= 0.3 is 12.1 Å². The minimum Gasteiger partial charge on any atom is -0.477 e. The number of aryl methyl sites for hydroxylation is 1. The van der Waals surface area contributed by atoms with Crippen LogP contribution in [0.25, 0.3) is 11.1 Å². The molecule has 1 atom stereocenters. The Hall–Kier alpha value is -4.40. The van der Waals surface area contributed by atoms with E-state index in [0.29, 0.717) is 0 Å². The van der Waals surface area contributed by atoms with Crippen molar-refractivity contribution in [2.24, 2.45) is 7.05 Å². The molecular formula is C25H24N4O5. The van der Waals surface area contributed by atoms with E-state index >= 15 is 0 Å². The smallest absolute Gasteiger partial charge is 0.407 e. The SMILES string of the molecule is C=CCC(NC(=O)OCC1c2ccccc2-c2ccccc21)C(=O)Nc1cc(C(=O)O)n(C)n1. The van der Waals surface area contributed by atoms with Gasteiger partial charge in [-0.15, -0.1) is 6.58 Å². The highest BCUT2D eigenvalue weighted by Gasteiger charge is 2.29. The summed E-state index contributed by atoms with van der Waals surface area (Å²) in [6.45, 7) is 3.74. The molecule has 9 nitrogen and oxygen atoms in total. The number of fused-ring (bicyclic) bond motifs is 3. The summed E-state index contributed by atoms with van der Waals surface area (Å²) < 4.78 is 6.65. The van der Waals surface area contributed by atoms with E-state index in [2.05, 4.69) is 22.3 Å². The van der Waals surface area contributed by atoms with Gasteiger partial charge in [0.25, 0.3) is 0 Å². The summed E-state index contributed by atoms with van der Waals surface area (Å²) in [7, 11) is 1.45. The van der Waals surface area contributed by atoms with Crippen molar-refractivity contribution in [3.63, 3.8) is 0 Å². The number of carboxylic acids is 1. The first-order valence-electron chi connectivity index (χ1n) is 10.7. The topological polar surface area (TPSA) is 123 Å². The second-order valence-corrected chi connectivity index (χ2v) is 7.88. The van der Waals surface area contributed by atoms with E-state index in [1.807, 2.05) is 48.5 Å². The molecule has 0 saturated heterocycles. The Kier molecular flexibility index (Phi) is 6.44. The van der Waals surface area contributed by atoms with Crippen LogP contribution in [0.2, 0.25) is 0 Å². The lowest BCUT2D eigenvalue weighted by atomic mass is 9.98. The molecule has 3 aromatic rings. The highest BCUT2D eigenvalue weighted by molar-refractivity contribution is 5.97. The van der Waals surface area contributed by atoms with Crippen molar-refractivity contribution in [2.45, 2.75) is 18.4 Å². The Morgan fingerprint density at radius 2 is 1.76 bits per heavy atom. The fraction of sp³-hybridized carbons (Fsp3) is 0.200. The number of benzene rings is 2. The summed E-state index contributed by atoms with van der Waals surface area (Å²) in [5.41, 5.74) is 4.32. The van der Waals surface area contributed by atoms with Gasteiger partial charge in [-0.1, -0.05) is 54.6 Å². The third-order valence-corrected chi connectivity index (χ3v) is 5.70. The fourth-order valence-corrected chi connectivity index (χ4v) is 4.12. The van der Waals surface area contributed by atoms with Crippen molar-refractivity contribution < 1.29 is 24.2 Å². The summed E-state index contributed by atoms with van der Waals surface area (Å²) in [6, 6.07) is 16.3. The third kappa shape index (κ3) is 4.54. The molecule has 1 aliphatic carbocycles.